The number of carbonyl (C=O) groups is 2. The van der Waals surface area contributed by atoms with Crippen LogP contribution in [0, 0.1) is 11.6 Å². The number of hydrogen-bond donors (Lipinski definition) is 1. The standard InChI is InChI=1S/C33H33F2N3O7S/c1-18(44-33(41)45-20-8-3-2-4-9-20)43-31-26(39)15-25(38-30(31)32(40)37-11-12-42-16-28(37)36-38)22-14-24(34)29(35)23-17-46-27-10-6-5-7-19(27)13-21(22)23/h5-7,10,14-15,18,20,28,36H,2-4,8-9,11-13,16-17H2,1H3/t18?,28-/m0/s1. The average molecular weight is 654 g/mol. The molecule has 3 aliphatic heterocycles. The number of benzene rings is 2. The third-order valence-electron chi connectivity index (χ3n) is 8.83. The van der Waals surface area contributed by atoms with Gasteiger partial charge in [0.25, 0.3) is 5.91 Å². The number of nitrogens with zero attached hydrogens (tertiary/aromatic N) is 2. The summed E-state index contributed by atoms with van der Waals surface area (Å²) in [6.45, 7) is 2.14. The normalized spacial score (nSPS) is 19.8. The Morgan fingerprint density at radius 1 is 1.11 bits per heavy atom. The second-order valence-corrected chi connectivity index (χ2v) is 12.8. The van der Waals surface area contributed by atoms with E-state index in [0.717, 1.165) is 48.6 Å². The molecule has 2 aromatic carbocycles. The van der Waals surface area contributed by atoms with Crippen molar-refractivity contribution in [3.63, 3.8) is 0 Å². The van der Waals surface area contributed by atoms with Crippen LogP contribution in [0.2, 0.25) is 0 Å². The number of halogens is 2. The van der Waals surface area contributed by atoms with E-state index in [1.165, 1.54) is 34.3 Å². The van der Waals surface area contributed by atoms with Gasteiger partial charge in [-0.3, -0.25) is 9.59 Å². The highest BCUT2D eigenvalue weighted by Crippen LogP contribution is 2.41. The summed E-state index contributed by atoms with van der Waals surface area (Å²) in [5.41, 5.74) is 4.45. The fourth-order valence-corrected chi connectivity index (χ4v) is 7.67. The van der Waals surface area contributed by atoms with E-state index in [0.29, 0.717) is 12.2 Å². The second kappa shape index (κ2) is 12.6. The third-order valence-corrected chi connectivity index (χ3v) is 9.97. The van der Waals surface area contributed by atoms with E-state index in [1.807, 2.05) is 24.3 Å². The Balaban J connectivity index is 1.30. The van der Waals surface area contributed by atoms with Crippen molar-refractivity contribution in [3.05, 3.63) is 80.6 Å². The van der Waals surface area contributed by atoms with Crippen LogP contribution in [0.1, 0.15) is 66.2 Å². The van der Waals surface area contributed by atoms with Gasteiger partial charge in [0, 0.05) is 41.3 Å². The minimum Gasteiger partial charge on any atom is -0.448 e. The number of hydrogen-bond acceptors (Lipinski definition) is 9. The number of carbonyl (C=O) groups excluding carboxylic acids is 2. The van der Waals surface area contributed by atoms with Gasteiger partial charge < -0.3 is 29.3 Å². The molecule has 2 atom stereocenters. The van der Waals surface area contributed by atoms with Crippen molar-refractivity contribution in [2.75, 3.05) is 25.2 Å². The Bertz CT molecular complexity index is 1760. The predicted molar refractivity (Wildman–Crippen MR) is 164 cm³/mol. The number of thioether (sulfide) groups is 1. The maximum Gasteiger partial charge on any atom is 0.511 e. The zero-order chi connectivity index (χ0) is 31.9. The maximum absolute atomic E-state index is 15.3. The number of pyridine rings is 1. The van der Waals surface area contributed by atoms with Crippen LogP contribution in [0.3, 0.4) is 0 Å². The molecule has 1 aromatic heterocycles. The SMILES string of the molecule is CC(OC(=O)OC1CCCCC1)Oc1c2n(c(-c3cc(F)c(F)c4c3Cc3ccccc3SC4)cc1=O)N[C@@H]1COCCN1C2=O. The van der Waals surface area contributed by atoms with Crippen molar-refractivity contribution in [2.45, 2.75) is 74.7 Å². The van der Waals surface area contributed by atoms with Gasteiger partial charge in [0.2, 0.25) is 17.5 Å². The zero-order valence-corrected chi connectivity index (χ0v) is 26.0. The number of morpholine rings is 1. The second-order valence-electron chi connectivity index (χ2n) is 11.8. The molecule has 4 aliphatic rings. The van der Waals surface area contributed by atoms with Crippen molar-refractivity contribution < 1.29 is 37.3 Å². The summed E-state index contributed by atoms with van der Waals surface area (Å²) in [5, 5.41) is 0. The molecular weight excluding hydrogens is 620 g/mol. The van der Waals surface area contributed by atoms with Crippen LogP contribution in [-0.4, -0.2) is 60.0 Å². The first-order valence-corrected chi connectivity index (χ1v) is 16.5. The number of aromatic nitrogens is 1. The number of amides is 1. The minimum absolute atomic E-state index is 0.154. The molecule has 7 rings (SSSR count). The smallest absolute Gasteiger partial charge is 0.448 e. The summed E-state index contributed by atoms with van der Waals surface area (Å²) in [7, 11) is 0. The molecule has 1 unspecified atom stereocenters. The molecule has 1 saturated carbocycles. The summed E-state index contributed by atoms with van der Waals surface area (Å²) in [5.74, 6) is -2.69. The van der Waals surface area contributed by atoms with Gasteiger partial charge in [0.1, 0.15) is 12.3 Å². The molecule has 0 spiro atoms. The van der Waals surface area contributed by atoms with Crippen molar-refractivity contribution in [1.29, 1.82) is 0 Å². The van der Waals surface area contributed by atoms with Crippen LogP contribution < -0.4 is 15.6 Å². The number of nitrogens with one attached hydrogen (secondary N) is 1. The van der Waals surface area contributed by atoms with Crippen LogP contribution >= 0.6 is 11.8 Å². The van der Waals surface area contributed by atoms with E-state index in [2.05, 4.69) is 5.43 Å². The molecule has 242 valence electrons. The molecule has 4 heterocycles. The van der Waals surface area contributed by atoms with E-state index >= 15 is 8.78 Å². The van der Waals surface area contributed by atoms with E-state index < -0.39 is 41.6 Å². The van der Waals surface area contributed by atoms with Gasteiger partial charge in [-0.15, -0.1) is 11.8 Å². The summed E-state index contributed by atoms with van der Waals surface area (Å²) in [4.78, 5) is 42.8. The fraction of sp³-hybridized carbons (Fsp3) is 0.424. The number of ether oxygens (including phenoxy) is 4. The number of rotatable bonds is 5. The Labute approximate surface area is 267 Å². The topological polar surface area (TPSA) is 108 Å². The fourth-order valence-electron chi connectivity index (χ4n) is 6.57. The van der Waals surface area contributed by atoms with Gasteiger partial charge in [0.05, 0.1) is 18.9 Å². The summed E-state index contributed by atoms with van der Waals surface area (Å²) in [6.07, 6.45) is 1.76. The molecule has 1 N–H and O–H groups in total. The van der Waals surface area contributed by atoms with Crippen LogP contribution in [-0.2, 0) is 26.4 Å². The zero-order valence-electron chi connectivity index (χ0n) is 25.2. The molecular formula is C33H33F2N3O7S. The van der Waals surface area contributed by atoms with Crippen molar-refractivity contribution in [2.24, 2.45) is 0 Å². The quantitative estimate of drug-likeness (QED) is 0.280. The molecule has 10 nitrogen and oxygen atoms in total. The molecule has 3 aromatic rings. The lowest BCUT2D eigenvalue weighted by Gasteiger charge is -2.42. The molecule has 0 bridgehead atoms. The van der Waals surface area contributed by atoms with Crippen LogP contribution in [0.4, 0.5) is 13.6 Å². The Kier molecular flexibility index (Phi) is 8.36. The Hall–Kier alpha value is -4.10. The summed E-state index contributed by atoms with van der Waals surface area (Å²) >= 11 is 1.41. The lowest BCUT2D eigenvalue weighted by atomic mass is 9.92. The van der Waals surface area contributed by atoms with Crippen LogP contribution in [0.25, 0.3) is 11.3 Å². The monoisotopic (exact) mass is 653 g/mol. The number of fused-ring (bicyclic) bond motifs is 4. The Morgan fingerprint density at radius 3 is 2.74 bits per heavy atom. The highest BCUT2D eigenvalue weighted by Gasteiger charge is 2.40. The van der Waals surface area contributed by atoms with Gasteiger partial charge in [-0.25, -0.2) is 18.3 Å². The highest BCUT2D eigenvalue weighted by atomic mass is 32.2. The first-order valence-electron chi connectivity index (χ1n) is 15.5. The van der Waals surface area contributed by atoms with Gasteiger partial charge in [-0.2, -0.15) is 0 Å². The van der Waals surface area contributed by atoms with Crippen LogP contribution in [0.5, 0.6) is 5.75 Å². The highest BCUT2D eigenvalue weighted by molar-refractivity contribution is 7.98. The molecule has 13 heteroatoms. The third kappa shape index (κ3) is 5.70. The Morgan fingerprint density at radius 2 is 1.91 bits per heavy atom. The first-order chi connectivity index (χ1) is 22.3. The van der Waals surface area contributed by atoms with E-state index in [1.54, 1.807) is 0 Å². The molecule has 2 fully saturated rings. The van der Waals surface area contributed by atoms with Crippen LogP contribution in [0.15, 0.2) is 46.1 Å². The van der Waals surface area contributed by atoms with Gasteiger partial charge in [-0.1, -0.05) is 24.6 Å². The van der Waals surface area contributed by atoms with Gasteiger partial charge >= 0.3 is 6.16 Å². The van der Waals surface area contributed by atoms with Crippen molar-refractivity contribution in [1.82, 2.24) is 9.58 Å². The average Bonchev–Trinajstić information content (AvgIpc) is 3.25. The summed E-state index contributed by atoms with van der Waals surface area (Å²) < 4.78 is 54.2. The van der Waals surface area contributed by atoms with Gasteiger partial charge in [0.15, 0.2) is 17.3 Å². The van der Waals surface area contributed by atoms with Crippen molar-refractivity contribution in [3.8, 4) is 17.0 Å². The van der Waals surface area contributed by atoms with E-state index in [4.69, 9.17) is 18.9 Å². The summed E-state index contributed by atoms with van der Waals surface area (Å²) in [6, 6.07) is 9.93. The first kappa shape index (κ1) is 30.5. The van der Waals surface area contributed by atoms with Crippen molar-refractivity contribution >= 4 is 23.8 Å². The molecule has 1 saturated heterocycles. The van der Waals surface area contributed by atoms with E-state index in [-0.39, 0.29) is 59.7 Å². The largest absolute Gasteiger partial charge is 0.511 e. The molecule has 1 aliphatic carbocycles. The lowest BCUT2D eigenvalue weighted by molar-refractivity contribution is -0.0694. The minimum atomic E-state index is -1.28. The molecule has 46 heavy (non-hydrogen) atoms. The molecule has 0 radical (unpaired) electrons. The maximum atomic E-state index is 15.3. The molecule has 1 amide bonds. The lowest BCUT2D eigenvalue weighted by Crippen LogP contribution is -2.59. The van der Waals surface area contributed by atoms with Gasteiger partial charge in [-0.05, 0) is 55.4 Å². The predicted octanol–water partition coefficient (Wildman–Crippen LogP) is 5.56. The van der Waals surface area contributed by atoms with E-state index in [9.17, 15) is 14.4 Å².